The first-order valence-electron chi connectivity index (χ1n) is 6.43. The zero-order valence-electron chi connectivity index (χ0n) is 10.7. The lowest BCUT2D eigenvalue weighted by atomic mass is 10.1. The van der Waals surface area contributed by atoms with Crippen LogP contribution in [0.2, 0.25) is 0 Å². The monoisotopic (exact) mass is 248 g/mol. The van der Waals surface area contributed by atoms with Gasteiger partial charge in [-0.15, -0.1) is 0 Å². The maximum Gasteiger partial charge on any atom is 0.340 e. The number of ether oxygens (including phenoxy) is 1. The third-order valence-corrected chi connectivity index (χ3v) is 3.54. The van der Waals surface area contributed by atoms with Gasteiger partial charge in [0, 0.05) is 6.54 Å². The molecule has 0 amide bonds. The molecule has 0 saturated heterocycles. The van der Waals surface area contributed by atoms with Crippen LogP contribution in [0.15, 0.2) is 18.2 Å². The number of methoxy groups -OCH3 is 1. The Morgan fingerprint density at radius 2 is 2.17 bits per heavy atom. The molecule has 0 radical (unpaired) electrons. The predicted molar refractivity (Wildman–Crippen MR) is 72.6 cm³/mol. The van der Waals surface area contributed by atoms with E-state index in [0.717, 1.165) is 6.54 Å². The van der Waals surface area contributed by atoms with E-state index in [0.29, 0.717) is 22.9 Å². The van der Waals surface area contributed by atoms with Crippen LogP contribution < -0.4 is 11.1 Å². The van der Waals surface area contributed by atoms with E-state index >= 15 is 0 Å². The van der Waals surface area contributed by atoms with Crippen molar-refractivity contribution in [1.82, 2.24) is 0 Å². The van der Waals surface area contributed by atoms with Crippen LogP contribution in [0.1, 0.15) is 36.0 Å². The summed E-state index contributed by atoms with van der Waals surface area (Å²) < 4.78 is 4.77. The average molecular weight is 248 g/mol. The van der Waals surface area contributed by atoms with Gasteiger partial charge in [-0.05, 0) is 30.9 Å². The van der Waals surface area contributed by atoms with Gasteiger partial charge in [0.1, 0.15) is 0 Å². The van der Waals surface area contributed by atoms with E-state index in [9.17, 15) is 4.79 Å². The van der Waals surface area contributed by atoms with Crippen LogP contribution in [0.5, 0.6) is 0 Å². The Morgan fingerprint density at radius 1 is 1.44 bits per heavy atom. The molecule has 1 fully saturated rings. The summed E-state index contributed by atoms with van der Waals surface area (Å²) in [6.45, 7) is 0.873. The van der Waals surface area contributed by atoms with Crippen molar-refractivity contribution in [3.05, 3.63) is 23.8 Å². The van der Waals surface area contributed by atoms with Gasteiger partial charge in [0.15, 0.2) is 0 Å². The average Bonchev–Trinajstić information content (AvgIpc) is 2.89. The van der Waals surface area contributed by atoms with Crippen molar-refractivity contribution in [3.63, 3.8) is 0 Å². The molecule has 1 saturated carbocycles. The lowest BCUT2D eigenvalue weighted by Gasteiger charge is -2.16. The van der Waals surface area contributed by atoms with Gasteiger partial charge in [-0.3, -0.25) is 0 Å². The fraction of sp³-hybridized carbons (Fsp3) is 0.500. The van der Waals surface area contributed by atoms with Crippen LogP contribution >= 0.6 is 0 Å². The predicted octanol–water partition coefficient (Wildman–Crippen LogP) is 2.66. The Hall–Kier alpha value is -1.71. The third kappa shape index (κ3) is 2.75. The molecule has 0 heterocycles. The highest BCUT2D eigenvalue weighted by molar-refractivity contribution is 5.98. The lowest BCUT2D eigenvalue weighted by Crippen LogP contribution is -2.15. The molecule has 0 spiro atoms. The fourth-order valence-electron chi connectivity index (χ4n) is 2.51. The van der Waals surface area contributed by atoms with E-state index < -0.39 is 0 Å². The second kappa shape index (κ2) is 5.76. The SMILES string of the molecule is COC(=O)c1cccc(N)c1NCC1CCCC1. The van der Waals surface area contributed by atoms with Gasteiger partial charge in [0.05, 0.1) is 24.0 Å². The van der Waals surface area contributed by atoms with Crippen molar-refractivity contribution < 1.29 is 9.53 Å². The maximum atomic E-state index is 11.7. The Bertz CT molecular complexity index is 426. The highest BCUT2D eigenvalue weighted by Crippen LogP contribution is 2.28. The number of benzene rings is 1. The fourth-order valence-corrected chi connectivity index (χ4v) is 2.51. The summed E-state index contributed by atoms with van der Waals surface area (Å²) in [5.41, 5.74) is 7.74. The Morgan fingerprint density at radius 3 is 2.83 bits per heavy atom. The number of esters is 1. The van der Waals surface area contributed by atoms with Crippen LogP contribution in [-0.4, -0.2) is 19.6 Å². The summed E-state index contributed by atoms with van der Waals surface area (Å²) in [6.07, 6.45) is 5.13. The zero-order chi connectivity index (χ0) is 13.0. The number of hydrogen-bond acceptors (Lipinski definition) is 4. The van der Waals surface area contributed by atoms with Crippen molar-refractivity contribution in [2.45, 2.75) is 25.7 Å². The Kier molecular flexibility index (Phi) is 4.07. The topological polar surface area (TPSA) is 64.3 Å². The molecule has 0 bridgehead atoms. The van der Waals surface area contributed by atoms with Crippen molar-refractivity contribution >= 4 is 17.3 Å². The smallest absolute Gasteiger partial charge is 0.340 e. The molecular formula is C14H20N2O2. The second-order valence-corrected chi connectivity index (χ2v) is 4.79. The van der Waals surface area contributed by atoms with Gasteiger partial charge in [-0.2, -0.15) is 0 Å². The van der Waals surface area contributed by atoms with Crippen LogP contribution in [-0.2, 0) is 4.74 Å². The number of hydrogen-bond donors (Lipinski definition) is 2. The van der Waals surface area contributed by atoms with Crippen molar-refractivity contribution in [2.75, 3.05) is 24.7 Å². The molecule has 1 aromatic carbocycles. The summed E-state index contributed by atoms with van der Waals surface area (Å²) in [5.74, 6) is 0.339. The van der Waals surface area contributed by atoms with E-state index in [-0.39, 0.29) is 5.97 Å². The minimum Gasteiger partial charge on any atom is -0.465 e. The number of nitrogen functional groups attached to an aromatic ring is 1. The van der Waals surface area contributed by atoms with Gasteiger partial charge in [-0.1, -0.05) is 18.9 Å². The number of carbonyl (C=O) groups is 1. The maximum absolute atomic E-state index is 11.7. The molecule has 18 heavy (non-hydrogen) atoms. The lowest BCUT2D eigenvalue weighted by molar-refractivity contribution is 0.0602. The number of nitrogens with one attached hydrogen (secondary N) is 1. The highest BCUT2D eigenvalue weighted by Gasteiger charge is 2.18. The number of anilines is 2. The minimum atomic E-state index is -0.351. The molecule has 1 aliphatic carbocycles. The van der Waals surface area contributed by atoms with E-state index in [1.807, 2.05) is 0 Å². The van der Waals surface area contributed by atoms with Gasteiger partial charge in [0.25, 0.3) is 0 Å². The standard InChI is InChI=1S/C14H20N2O2/c1-18-14(17)11-7-4-8-12(15)13(11)16-9-10-5-2-3-6-10/h4,7-8,10,16H,2-3,5-6,9,15H2,1H3. The van der Waals surface area contributed by atoms with E-state index in [1.54, 1.807) is 18.2 Å². The molecular weight excluding hydrogens is 228 g/mol. The molecule has 0 aliphatic heterocycles. The molecule has 1 aliphatic rings. The molecule has 3 N–H and O–H groups in total. The first-order chi connectivity index (χ1) is 8.72. The van der Waals surface area contributed by atoms with Crippen LogP contribution in [0.4, 0.5) is 11.4 Å². The molecule has 0 atom stereocenters. The number of carbonyl (C=O) groups excluding carboxylic acids is 1. The summed E-state index contributed by atoms with van der Waals surface area (Å²) in [7, 11) is 1.38. The molecule has 2 rings (SSSR count). The van der Waals surface area contributed by atoms with Crippen LogP contribution in [0.3, 0.4) is 0 Å². The number of para-hydroxylation sites is 1. The molecule has 4 heteroatoms. The van der Waals surface area contributed by atoms with Crippen molar-refractivity contribution in [3.8, 4) is 0 Å². The normalized spacial score (nSPS) is 15.6. The van der Waals surface area contributed by atoms with Gasteiger partial charge in [0.2, 0.25) is 0 Å². The van der Waals surface area contributed by atoms with E-state index in [4.69, 9.17) is 10.5 Å². The Balaban J connectivity index is 2.11. The summed E-state index contributed by atoms with van der Waals surface area (Å²) in [4.78, 5) is 11.7. The van der Waals surface area contributed by atoms with Gasteiger partial charge in [-0.25, -0.2) is 4.79 Å². The molecule has 1 aromatic rings. The largest absolute Gasteiger partial charge is 0.465 e. The minimum absolute atomic E-state index is 0.351. The first-order valence-corrected chi connectivity index (χ1v) is 6.43. The quantitative estimate of drug-likeness (QED) is 0.635. The third-order valence-electron chi connectivity index (χ3n) is 3.54. The van der Waals surface area contributed by atoms with Crippen molar-refractivity contribution in [1.29, 1.82) is 0 Å². The number of rotatable bonds is 4. The second-order valence-electron chi connectivity index (χ2n) is 4.79. The van der Waals surface area contributed by atoms with Crippen molar-refractivity contribution in [2.24, 2.45) is 5.92 Å². The number of nitrogens with two attached hydrogens (primary N) is 1. The summed E-state index contributed by atoms with van der Waals surface area (Å²) >= 11 is 0. The highest BCUT2D eigenvalue weighted by atomic mass is 16.5. The molecule has 0 aromatic heterocycles. The molecule has 0 unspecified atom stereocenters. The Labute approximate surface area is 108 Å². The first kappa shape index (κ1) is 12.7. The molecule has 4 nitrogen and oxygen atoms in total. The summed E-state index contributed by atoms with van der Waals surface area (Å²) in [5, 5.41) is 3.31. The summed E-state index contributed by atoms with van der Waals surface area (Å²) in [6, 6.07) is 5.30. The van der Waals surface area contributed by atoms with Gasteiger partial charge < -0.3 is 15.8 Å². The van der Waals surface area contributed by atoms with Gasteiger partial charge >= 0.3 is 5.97 Å². The molecule has 98 valence electrons. The zero-order valence-corrected chi connectivity index (χ0v) is 10.7. The van der Waals surface area contributed by atoms with Crippen LogP contribution in [0.25, 0.3) is 0 Å². The van der Waals surface area contributed by atoms with E-state index in [2.05, 4.69) is 5.32 Å². The van der Waals surface area contributed by atoms with E-state index in [1.165, 1.54) is 32.8 Å². The van der Waals surface area contributed by atoms with Crippen LogP contribution in [0, 0.1) is 5.92 Å².